The lowest BCUT2D eigenvalue weighted by atomic mass is 9.96. The molecule has 0 aliphatic heterocycles. The number of nitrogens with zero attached hydrogens (tertiary/aromatic N) is 2. The van der Waals surface area contributed by atoms with Gasteiger partial charge in [-0.3, -0.25) is 4.79 Å². The third-order valence-electron chi connectivity index (χ3n) is 5.26. The van der Waals surface area contributed by atoms with Crippen LogP contribution in [0, 0.1) is 5.92 Å². The number of benzene rings is 3. The maximum Gasteiger partial charge on any atom is 0.234 e. The van der Waals surface area contributed by atoms with Crippen LogP contribution in [-0.2, 0) is 16.0 Å². The van der Waals surface area contributed by atoms with Gasteiger partial charge < -0.3 is 14.6 Å². The highest BCUT2D eigenvalue weighted by Crippen LogP contribution is 2.38. The quantitative estimate of drug-likeness (QED) is 0.300. The van der Waals surface area contributed by atoms with Crippen LogP contribution in [0.4, 0.5) is 5.69 Å². The van der Waals surface area contributed by atoms with Crippen molar-refractivity contribution in [1.82, 2.24) is 0 Å². The lowest BCUT2D eigenvalue weighted by Gasteiger charge is -2.20. The van der Waals surface area contributed by atoms with Crippen molar-refractivity contribution in [2.24, 2.45) is 11.0 Å². The number of hydrazone groups is 1. The molecule has 1 unspecified atom stereocenters. The molecule has 0 bridgehead atoms. The zero-order chi connectivity index (χ0) is 23.1. The number of phenolic OH excluding ortho intramolecular Hbond substituents is 1. The van der Waals surface area contributed by atoms with Gasteiger partial charge in [0.25, 0.3) is 0 Å². The van der Waals surface area contributed by atoms with Crippen molar-refractivity contribution in [3.63, 3.8) is 0 Å². The molecule has 3 rings (SSSR count). The Morgan fingerprint density at radius 2 is 1.78 bits per heavy atom. The Morgan fingerprint density at radius 3 is 2.38 bits per heavy atom. The second kappa shape index (κ2) is 10.4. The molecule has 0 heterocycles. The maximum absolute atomic E-state index is 11.9. The zero-order valence-electron chi connectivity index (χ0n) is 18.4. The number of carbonyl (C=O) groups is 2. The van der Waals surface area contributed by atoms with Gasteiger partial charge >= 0.3 is 0 Å². The number of anilines is 1. The largest absolute Gasteiger partial charge is 0.508 e. The average Bonchev–Trinajstić information content (AvgIpc) is 2.83. The van der Waals surface area contributed by atoms with Crippen LogP contribution in [-0.4, -0.2) is 30.6 Å². The third kappa shape index (κ3) is 5.21. The molecule has 32 heavy (non-hydrogen) atoms. The molecule has 0 spiro atoms. The van der Waals surface area contributed by atoms with Crippen LogP contribution in [0.5, 0.6) is 11.5 Å². The second-order valence-corrected chi connectivity index (χ2v) is 7.51. The van der Waals surface area contributed by atoms with Gasteiger partial charge in [-0.2, -0.15) is 5.10 Å². The Labute approximate surface area is 187 Å². The summed E-state index contributed by atoms with van der Waals surface area (Å²) in [7, 11) is 1.62. The van der Waals surface area contributed by atoms with Gasteiger partial charge in [-0.1, -0.05) is 49.4 Å². The number of amides is 1. The number of hydrogen-bond donors (Lipinski definition) is 1. The normalized spacial score (nSPS) is 12.2. The SMILES string of the molecule is COc1c(Cc2ccc(O)cc2)cc(N(C=O)/N=C(/C)C(C)C=O)cc1-c1ccccc1. The van der Waals surface area contributed by atoms with Crippen LogP contribution in [0.2, 0.25) is 0 Å². The topological polar surface area (TPSA) is 79.2 Å². The molecule has 0 fully saturated rings. The first-order chi connectivity index (χ1) is 15.5. The monoisotopic (exact) mass is 430 g/mol. The molecule has 6 nitrogen and oxygen atoms in total. The third-order valence-corrected chi connectivity index (χ3v) is 5.26. The number of carbonyl (C=O) groups excluding carboxylic acids is 2. The van der Waals surface area contributed by atoms with Gasteiger partial charge in [0.2, 0.25) is 6.41 Å². The first-order valence-corrected chi connectivity index (χ1v) is 10.3. The average molecular weight is 431 g/mol. The van der Waals surface area contributed by atoms with E-state index in [2.05, 4.69) is 5.10 Å². The molecule has 0 aromatic heterocycles. The van der Waals surface area contributed by atoms with E-state index in [0.717, 1.165) is 28.5 Å². The van der Waals surface area contributed by atoms with Crippen LogP contribution < -0.4 is 9.75 Å². The molecule has 0 radical (unpaired) electrons. The molecule has 0 aliphatic rings. The van der Waals surface area contributed by atoms with Gasteiger partial charge in [-0.25, -0.2) is 5.01 Å². The minimum atomic E-state index is -0.402. The van der Waals surface area contributed by atoms with Crippen molar-refractivity contribution < 1.29 is 19.4 Å². The summed E-state index contributed by atoms with van der Waals surface area (Å²) in [4.78, 5) is 23.1. The molecule has 1 N–H and O–H groups in total. The van der Waals surface area contributed by atoms with E-state index >= 15 is 0 Å². The lowest BCUT2D eigenvalue weighted by molar-refractivity contribution is -0.109. The van der Waals surface area contributed by atoms with Crippen molar-refractivity contribution >= 4 is 24.1 Å². The van der Waals surface area contributed by atoms with E-state index in [1.807, 2.05) is 54.6 Å². The molecular formula is C26H26N2O4. The van der Waals surface area contributed by atoms with Gasteiger partial charge in [-0.15, -0.1) is 0 Å². The summed E-state index contributed by atoms with van der Waals surface area (Å²) in [5.41, 5.74) is 4.69. The summed E-state index contributed by atoms with van der Waals surface area (Å²) in [6.45, 7) is 3.45. The fraction of sp³-hybridized carbons (Fsp3) is 0.192. The van der Waals surface area contributed by atoms with Crippen LogP contribution in [0.15, 0.2) is 71.8 Å². The summed E-state index contributed by atoms with van der Waals surface area (Å²) in [5, 5.41) is 15.2. The van der Waals surface area contributed by atoms with Crippen LogP contribution >= 0.6 is 0 Å². The van der Waals surface area contributed by atoms with Gasteiger partial charge in [0, 0.05) is 23.3 Å². The molecule has 164 valence electrons. The smallest absolute Gasteiger partial charge is 0.234 e. The Hall–Kier alpha value is -3.93. The second-order valence-electron chi connectivity index (χ2n) is 7.51. The molecular weight excluding hydrogens is 404 g/mol. The Kier molecular flexibility index (Phi) is 7.39. The van der Waals surface area contributed by atoms with E-state index < -0.39 is 5.92 Å². The van der Waals surface area contributed by atoms with Crippen LogP contribution in [0.3, 0.4) is 0 Å². The predicted octanol–water partition coefficient (Wildman–Crippen LogP) is 4.83. The Morgan fingerprint density at radius 1 is 1.09 bits per heavy atom. The molecule has 0 aliphatic carbocycles. The summed E-state index contributed by atoms with van der Waals surface area (Å²) in [6, 6.07) is 20.4. The van der Waals surface area contributed by atoms with Gasteiger partial charge in [0.15, 0.2) is 0 Å². The Bertz CT molecular complexity index is 1110. The summed E-state index contributed by atoms with van der Waals surface area (Å²) >= 11 is 0. The highest BCUT2D eigenvalue weighted by Gasteiger charge is 2.18. The van der Waals surface area contributed by atoms with E-state index in [4.69, 9.17) is 4.74 Å². The summed E-state index contributed by atoms with van der Waals surface area (Å²) in [6.07, 6.45) is 1.95. The summed E-state index contributed by atoms with van der Waals surface area (Å²) < 4.78 is 5.79. The minimum absolute atomic E-state index is 0.195. The van der Waals surface area contributed by atoms with E-state index in [1.54, 1.807) is 33.1 Å². The Balaban J connectivity index is 2.17. The van der Waals surface area contributed by atoms with E-state index in [0.29, 0.717) is 30.0 Å². The fourth-order valence-electron chi connectivity index (χ4n) is 3.34. The zero-order valence-corrected chi connectivity index (χ0v) is 18.4. The molecule has 0 saturated carbocycles. The first-order valence-electron chi connectivity index (χ1n) is 10.3. The molecule has 3 aromatic rings. The van der Waals surface area contributed by atoms with E-state index in [-0.39, 0.29) is 5.75 Å². The summed E-state index contributed by atoms with van der Waals surface area (Å²) in [5.74, 6) is 0.488. The van der Waals surface area contributed by atoms with Crippen molar-refractivity contribution in [1.29, 1.82) is 0 Å². The molecule has 3 aromatic carbocycles. The van der Waals surface area contributed by atoms with Gasteiger partial charge in [-0.05, 0) is 42.3 Å². The maximum atomic E-state index is 11.9. The fourth-order valence-corrected chi connectivity index (χ4v) is 3.34. The number of ether oxygens (including phenoxy) is 1. The predicted molar refractivity (Wildman–Crippen MR) is 126 cm³/mol. The van der Waals surface area contributed by atoms with Gasteiger partial charge in [0.1, 0.15) is 17.8 Å². The van der Waals surface area contributed by atoms with Crippen molar-refractivity contribution in [3.8, 4) is 22.6 Å². The van der Waals surface area contributed by atoms with E-state index in [1.165, 1.54) is 5.01 Å². The first kappa shape index (κ1) is 22.7. The molecule has 6 heteroatoms. The number of methoxy groups -OCH3 is 1. The molecule has 1 atom stereocenters. The lowest BCUT2D eigenvalue weighted by Crippen LogP contribution is -2.20. The molecule has 1 amide bonds. The number of phenols is 1. The molecule has 0 saturated heterocycles. The number of aromatic hydroxyl groups is 1. The van der Waals surface area contributed by atoms with Crippen molar-refractivity contribution in [2.75, 3.05) is 12.1 Å². The van der Waals surface area contributed by atoms with Crippen molar-refractivity contribution in [2.45, 2.75) is 20.3 Å². The standard InChI is InChI=1S/C26H26N2O4/c1-18(16-29)19(2)27-28(17-30)23-14-22(13-20-9-11-24(31)12-10-20)26(32-3)25(15-23)21-7-5-4-6-8-21/h4-12,14-18,31H,13H2,1-3H3/b27-19-. The van der Waals surface area contributed by atoms with Crippen LogP contribution in [0.25, 0.3) is 11.1 Å². The van der Waals surface area contributed by atoms with Crippen LogP contribution in [0.1, 0.15) is 25.0 Å². The number of hydrogen-bond acceptors (Lipinski definition) is 5. The number of rotatable bonds is 9. The van der Waals surface area contributed by atoms with Gasteiger partial charge in [0.05, 0.1) is 18.7 Å². The van der Waals surface area contributed by atoms with E-state index in [9.17, 15) is 14.7 Å². The number of aldehydes is 1. The van der Waals surface area contributed by atoms with Crippen molar-refractivity contribution in [3.05, 3.63) is 77.9 Å². The minimum Gasteiger partial charge on any atom is -0.508 e. The highest BCUT2D eigenvalue weighted by molar-refractivity contribution is 5.97. The highest BCUT2D eigenvalue weighted by atomic mass is 16.5.